The SMILES string of the molecule is CCOC(=O)CCC(CCCC(=O)O)(C(C)=O)C(=O)OC. The van der Waals surface area contributed by atoms with Crippen LogP contribution in [-0.2, 0) is 28.7 Å². The van der Waals surface area contributed by atoms with Crippen LogP contribution in [0.15, 0.2) is 0 Å². The molecule has 0 rings (SSSR count). The van der Waals surface area contributed by atoms with E-state index in [2.05, 4.69) is 4.74 Å². The lowest BCUT2D eigenvalue weighted by atomic mass is 9.75. The van der Waals surface area contributed by atoms with Crippen LogP contribution in [0, 0.1) is 5.41 Å². The summed E-state index contributed by atoms with van der Waals surface area (Å²) in [4.78, 5) is 45.9. The Morgan fingerprint density at radius 2 is 1.71 bits per heavy atom. The van der Waals surface area contributed by atoms with E-state index in [1.54, 1.807) is 6.92 Å². The van der Waals surface area contributed by atoms with E-state index in [1.165, 1.54) is 6.92 Å². The Balaban J connectivity index is 5.02. The van der Waals surface area contributed by atoms with E-state index in [0.29, 0.717) is 0 Å². The summed E-state index contributed by atoms with van der Waals surface area (Å²) in [6, 6.07) is 0. The van der Waals surface area contributed by atoms with Crippen molar-refractivity contribution < 1.29 is 33.8 Å². The maximum atomic E-state index is 12.0. The Morgan fingerprint density at radius 3 is 2.14 bits per heavy atom. The van der Waals surface area contributed by atoms with Crippen molar-refractivity contribution in [2.45, 2.75) is 46.0 Å². The van der Waals surface area contributed by atoms with Crippen LogP contribution in [0.3, 0.4) is 0 Å². The molecule has 1 unspecified atom stereocenters. The molecule has 0 aliphatic heterocycles. The average molecular weight is 302 g/mol. The summed E-state index contributed by atoms with van der Waals surface area (Å²) in [5.41, 5.74) is -1.49. The summed E-state index contributed by atoms with van der Waals surface area (Å²) < 4.78 is 9.44. The monoisotopic (exact) mass is 302 g/mol. The van der Waals surface area contributed by atoms with Crippen molar-refractivity contribution in [3.05, 3.63) is 0 Å². The first-order valence-corrected chi connectivity index (χ1v) is 6.77. The van der Waals surface area contributed by atoms with Gasteiger partial charge in [-0.05, 0) is 33.1 Å². The summed E-state index contributed by atoms with van der Waals surface area (Å²) >= 11 is 0. The molecule has 0 heterocycles. The van der Waals surface area contributed by atoms with Gasteiger partial charge >= 0.3 is 17.9 Å². The highest BCUT2D eigenvalue weighted by atomic mass is 16.5. The van der Waals surface area contributed by atoms with Gasteiger partial charge in [0, 0.05) is 12.8 Å². The molecule has 0 spiro atoms. The van der Waals surface area contributed by atoms with Crippen LogP contribution < -0.4 is 0 Å². The highest BCUT2D eigenvalue weighted by Crippen LogP contribution is 2.33. The second-order valence-electron chi connectivity index (χ2n) is 4.68. The normalized spacial score (nSPS) is 13.1. The molecule has 0 saturated heterocycles. The Labute approximate surface area is 123 Å². The number of carboxylic acids is 1. The fourth-order valence-corrected chi connectivity index (χ4v) is 2.11. The van der Waals surface area contributed by atoms with Crippen molar-refractivity contribution in [2.24, 2.45) is 5.41 Å². The molecule has 0 aromatic carbocycles. The fourth-order valence-electron chi connectivity index (χ4n) is 2.11. The number of hydrogen-bond donors (Lipinski definition) is 1. The number of ketones is 1. The van der Waals surface area contributed by atoms with Gasteiger partial charge in [0.1, 0.15) is 11.2 Å². The van der Waals surface area contributed by atoms with Gasteiger partial charge in [-0.2, -0.15) is 0 Å². The number of ether oxygens (including phenoxy) is 2. The van der Waals surface area contributed by atoms with E-state index < -0.39 is 29.1 Å². The molecule has 0 fully saturated rings. The van der Waals surface area contributed by atoms with E-state index in [9.17, 15) is 19.2 Å². The minimum absolute atomic E-state index is 0.0285. The topological polar surface area (TPSA) is 107 Å². The smallest absolute Gasteiger partial charge is 0.319 e. The lowest BCUT2D eigenvalue weighted by molar-refractivity contribution is -0.160. The first kappa shape index (κ1) is 19.1. The molecule has 1 atom stereocenters. The Bertz CT molecular complexity index is 402. The molecule has 0 aliphatic rings. The van der Waals surface area contributed by atoms with Crippen LogP contribution in [0.4, 0.5) is 0 Å². The van der Waals surface area contributed by atoms with Crippen LogP contribution in [-0.4, -0.2) is 42.5 Å². The first-order valence-electron chi connectivity index (χ1n) is 6.77. The molecule has 0 aliphatic carbocycles. The number of carbonyl (C=O) groups excluding carboxylic acids is 3. The van der Waals surface area contributed by atoms with Crippen molar-refractivity contribution in [2.75, 3.05) is 13.7 Å². The lowest BCUT2D eigenvalue weighted by Gasteiger charge is -2.27. The third-order valence-corrected chi connectivity index (χ3v) is 3.31. The van der Waals surface area contributed by atoms with Gasteiger partial charge in [-0.3, -0.25) is 19.2 Å². The predicted octanol–water partition coefficient (Wildman–Crippen LogP) is 1.33. The number of methoxy groups -OCH3 is 1. The molecule has 120 valence electrons. The Kier molecular flexibility index (Phi) is 8.26. The zero-order chi connectivity index (χ0) is 16.5. The highest BCUT2D eigenvalue weighted by Gasteiger charge is 2.44. The van der Waals surface area contributed by atoms with Gasteiger partial charge < -0.3 is 14.6 Å². The van der Waals surface area contributed by atoms with Gasteiger partial charge in [0.15, 0.2) is 0 Å². The molecule has 0 radical (unpaired) electrons. The number of Topliss-reactive ketones (excluding diaryl/α,β-unsaturated/α-hetero) is 1. The van der Waals surface area contributed by atoms with Gasteiger partial charge in [-0.25, -0.2) is 0 Å². The van der Waals surface area contributed by atoms with E-state index in [-0.39, 0.29) is 38.7 Å². The number of rotatable bonds is 10. The van der Waals surface area contributed by atoms with Crippen molar-refractivity contribution >= 4 is 23.7 Å². The second kappa shape index (κ2) is 9.10. The summed E-state index contributed by atoms with van der Waals surface area (Å²) in [7, 11) is 1.15. The molecule has 21 heavy (non-hydrogen) atoms. The lowest BCUT2D eigenvalue weighted by Crippen LogP contribution is -2.39. The zero-order valence-corrected chi connectivity index (χ0v) is 12.6. The van der Waals surface area contributed by atoms with Crippen LogP contribution in [0.2, 0.25) is 0 Å². The molecule has 0 amide bonds. The highest BCUT2D eigenvalue weighted by molar-refractivity contribution is 6.03. The number of hydrogen-bond acceptors (Lipinski definition) is 6. The van der Waals surface area contributed by atoms with Crippen LogP contribution in [0.1, 0.15) is 46.0 Å². The van der Waals surface area contributed by atoms with Gasteiger partial charge in [-0.1, -0.05) is 0 Å². The van der Waals surface area contributed by atoms with E-state index >= 15 is 0 Å². The van der Waals surface area contributed by atoms with E-state index in [0.717, 1.165) is 7.11 Å². The Morgan fingerprint density at radius 1 is 1.10 bits per heavy atom. The van der Waals surface area contributed by atoms with Gasteiger partial charge in [-0.15, -0.1) is 0 Å². The van der Waals surface area contributed by atoms with Gasteiger partial charge in [0.2, 0.25) is 0 Å². The van der Waals surface area contributed by atoms with Gasteiger partial charge in [0.05, 0.1) is 13.7 Å². The third kappa shape index (κ3) is 5.93. The van der Waals surface area contributed by atoms with Crippen LogP contribution in [0.25, 0.3) is 0 Å². The van der Waals surface area contributed by atoms with Crippen molar-refractivity contribution in [1.82, 2.24) is 0 Å². The van der Waals surface area contributed by atoms with Crippen molar-refractivity contribution in [3.63, 3.8) is 0 Å². The number of carboxylic acid groups (broad SMARTS) is 1. The van der Waals surface area contributed by atoms with Crippen LogP contribution in [0.5, 0.6) is 0 Å². The largest absolute Gasteiger partial charge is 0.481 e. The molecular formula is C14H22O7. The predicted molar refractivity (Wildman–Crippen MR) is 72.5 cm³/mol. The molecular weight excluding hydrogens is 280 g/mol. The molecule has 7 heteroatoms. The molecule has 0 aromatic heterocycles. The Hall–Kier alpha value is -1.92. The number of aliphatic carboxylic acids is 1. The second-order valence-corrected chi connectivity index (χ2v) is 4.68. The van der Waals surface area contributed by atoms with Crippen LogP contribution >= 0.6 is 0 Å². The molecule has 1 N–H and O–H groups in total. The molecule has 7 nitrogen and oxygen atoms in total. The summed E-state index contributed by atoms with van der Waals surface area (Å²) in [5, 5.41) is 8.66. The number of carbonyl (C=O) groups is 4. The van der Waals surface area contributed by atoms with Crippen molar-refractivity contribution in [1.29, 1.82) is 0 Å². The minimum Gasteiger partial charge on any atom is -0.481 e. The standard InChI is InChI=1S/C14H22O7/c1-4-21-12(18)7-9-14(10(2)15,13(19)20-3)8-5-6-11(16)17/h4-9H2,1-3H3,(H,16,17). The van der Waals surface area contributed by atoms with E-state index in [1.807, 2.05) is 0 Å². The van der Waals surface area contributed by atoms with E-state index in [4.69, 9.17) is 9.84 Å². The minimum atomic E-state index is -1.49. The maximum Gasteiger partial charge on any atom is 0.319 e. The fraction of sp³-hybridized carbons (Fsp3) is 0.714. The average Bonchev–Trinajstić information content (AvgIpc) is 2.41. The number of esters is 2. The van der Waals surface area contributed by atoms with Crippen molar-refractivity contribution in [3.8, 4) is 0 Å². The maximum absolute atomic E-state index is 12.0. The quantitative estimate of drug-likeness (QED) is 0.479. The molecule has 0 saturated carbocycles. The summed E-state index contributed by atoms with van der Waals surface area (Å²) in [5.74, 6) is -2.71. The first-order chi connectivity index (χ1) is 9.80. The zero-order valence-electron chi connectivity index (χ0n) is 12.6. The summed E-state index contributed by atoms with van der Waals surface area (Å²) in [6.07, 6.45) is -0.137. The molecule has 0 aromatic rings. The molecule has 0 bridgehead atoms. The van der Waals surface area contributed by atoms with Gasteiger partial charge in [0.25, 0.3) is 0 Å². The summed E-state index contributed by atoms with van der Waals surface area (Å²) in [6.45, 7) is 3.11. The third-order valence-electron chi connectivity index (χ3n) is 3.31.